The minimum atomic E-state index is -1.00. The molecule has 7 nitrogen and oxygen atoms in total. The number of carboxylic acids is 1. The van der Waals surface area contributed by atoms with E-state index in [1.807, 2.05) is 36.4 Å². The Morgan fingerprint density at radius 3 is 2.29 bits per heavy atom. The Kier molecular flexibility index (Phi) is 6.50. The Morgan fingerprint density at radius 2 is 1.69 bits per heavy atom. The first-order valence-electron chi connectivity index (χ1n) is 12.5. The van der Waals surface area contributed by atoms with Crippen molar-refractivity contribution in [1.82, 2.24) is 10.2 Å². The molecule has 2 amide bonds. The zero-order chi connectivity index (χ0) is 24.5. The summed E-state index contributed by atoms with van der Waals surface area (Å²) >= 11 is 0. The number of amides is 2. The summed E-state index contributed by atoms with van der Waals surface area (Å²) in [5, 5.41) is 11.8. The van der Waals surface area contributed by atoms with Crippen molar-refractivity contribution in [3.05, 3.63) is 59.7 Å². The molecule has 35 heavy (non-hydrogen) atoms. The Bertz CT molecular complexity index is 1080. The van der Waals surface area contributed by atoms with Gasteiger partial charge in [0, 0.05) is 25.9 Å². The fourth-order valence-electron chi connectivity index (χ4n) is 5.60. The molecule has 2 aromatic carbocycles. The molecular weight excluding hydrogens is 444 g/mol. The maximum Gasteiger partial charge on any atom is 0.407 e. The standard InChI is InChI=1S/C28H32N2O5/c1-30(15-18-14-23(18)17-10-11-17)27(33)25(12-13-26(31)32)29-28(34)35-16-24-21-8-4-2-6-19(21)20-7-3-5-9-22(20)24/h2-9,17-18,23-25H,10-16H2,1H3,(H,29,34)(H,31,32). The van der Waals surface area contributed by atoms with Gasteiger partial charge in [-0.3, -0.25) is 9.59 Å². The fourth-order valence-corrected chi connectivity index (χ4v) is 5.60. The average Bonchev–Trinajstić information content (AvgIpc) is 3.77. The van der Waals surface area contributed by atoms with Gasteiger partial charge in [-0.25, -0.2) is 4.79 Å². The van der Waals surface area contributed by atoms with Crippen LogP contribution in [0.15, 0.2) is 48.5 Å². The van der Waals surface area contributed by atoms with E-state index >= 15 is 0 Å². The summed E-state index contributed by atoms with van der Waals surface area (Å²) in [4.78, 5) is 38.6. The highest BCUT2D eigenvalue weighted by Gasteiger charge is 2.48. The van der Waals surface area contributed by atoms with Gasteiger partial charge in [-0.2, -0.15) is 0 Å². The van der Waals surface area contributed by atoms with E-state index in [-0.39, 0.29) is 31.3 Å². The topological polar surface area (TPSA) is 95.9 Å². The highest BCUT2D eigenvalue weighted by atomic mass is 16.5. The van der Waals surface area contributed by atoms with Gasteiger partial charge in [0.25, 0.3) is 0 Å². The quantitative estimate of drug-likeness (QED) is 0.534. The van der Waals surface area contributed by atoms with Gasteiger partial charge in [0.2, 0.25) is 5.91 Å². The number of fused-ring (bicyclic) bond motifs is 3. The summed E-state index contributed by atoms with van der Waals surface area (Å²) in [7, 11) is 1.73. The van der Waals surface area contributed by atoms with Gasteiger partial charge < -0.3 is 20.1 Å². The number of ether oxygens (including phenoxy) is 1. The lowest BCUT2D eigenvalue weighted by molar-refractivity contribution is -0.137. The predicted octanol–water partition coefficient (Wildman–Crippen LogP) is 4.26. The van der Waals surface area contributed by atoms with Crippen LogP contribution in [0.5, 0.6) is 0 Å². The molecule has 0 aromatic heterocycles. The molecule has 3 aliphatic carbocycles. The molecule has 0 saturated heterocycles. The largest absolute Gasteiger partial charge is 0.481 e. The molecule has 3 unspecified atom stereocenters. The summed E-state index contributed by atoms with van der Waals surface area (Å²) in [5.41, 5.74) is 4.49. The molecule has 2 aromatic rings. The Morgan fingerprint density at radius 1 is 1.06 bits per heavy atom. The normalized spacial score (nSPS) is 20.9. The lowest BCUT2D eigenvalue weighted by atomic mass is 9.98. The molecule has 2 fully saturated rings. The maximum atomic E-state index is 13.1. The van der Waals surface area contributed by atoms with Gasteiger partial charge >= 0.3 is 12.1 Å². The van der Waals surface area contributed by atoms with Gasteiger partial charge in [0.15, 0.2) is 0 Å². The number of likely N-dealkylation sites (N-methyl/N-ethyl adjacent to an activating group) is 1. The third kappa shape index (κ3) is 5.19. The van der Waals surface area contributed by atoms with Crippen molar-refractivity contribution in [2.75, 3.05) is 20.2 Å². The van der Waals surface area contributed by atoms with Crippen LogP contribution in [0.1, 0.15) is 49.1 Å². The second kappa shape index (κ2) is 9.72. The second-order valence-electron chi connectivity index (χ2n) is 10.2. The van der Waals surface area contributed by atoms with E-state index < -0.39 is 18.1 Å². The molecule has 0 bridgehead atoms. The maximum absolute atomic E-state index is 13.1. The van der Waals surface area contributed by atoms with Gasteiger partial charge in [0.1, 0.15) is 12.6 Å². The Balaban J connectivity index is 1.20. The highest BCUT2D eigenvalue weighted by molar-refractivity contribution is 5.86. The third-order valence-corrected chi connectivity index (χ3v) is 7.67. The first-order chi connectivity index (χ1) is 16.9. The van der Waals surface area contributed by atoms with Gasteiger partial charge in [-0.05, 0) is 65.7 Å². The van der Waals surface area contributed by atoms with E-state index in [0.717, 1.165) is 40.5 Å². The number of hydrogen-bond acceptors (Lipinski definition) is 4. The SMILES string of the molecule is CN(CC1CC1C1CC1)C(=O)C(CCC(=O)O)NC(=O)OCC1c2ccccc2-c2ccccc21. The molecule has 2 saturated carbocycles. The number of nitrogens with zero attached hydrogens (tertiary/aromatic N) is 1. The molecule has 0 heterocycles. The third-order valence-electron chi connectivity index (χ3n) is 7.67. The number of alkyl carbamates (subject to hydrolysis) is 1. The lowest BCUT2D eigenvalue weighted by Gasteiger charge is -2.25. The average molecular weight is 477 g/mol. The van der Waals surface area contributed by atoms with Crippen molar-refractivity contribution in [1.29, 1.82) is 0 Å². The first-order valence-corrected chi connectivity index (χ1v) is 12.5. The molecule has 0 radical (unpaired) electrons. The van der Waals surface area contributed by atoms with E-state index in [1.165, 1.54) is 12.8 Å². The second-order valence-corrected chi connectivity index (χ2v) is 10.2. The molecule has 5 rings (SSSR count). The Hall–Kier alpha value is -3.35. The first kappa shape index (κ1) is 23.4. The number of hydrogen-bond donors (Lipinski definition) is 2. The summed E-state index contributed by atoms with van der Waals surface area (Å²) in [6.07, 6.45) is 2.86. The molecule has 184 valence electrons. The van der Waals surface area contributed by atoms with Crippen LogP contribution in [-0.2, 0) is 14.3 Å². The predicted molar refractivity (Wildman–Crippen MR) is 131 cm³/mol. The number of carbonyl (C=O) groups excluding carboxylic acids is 2. The van der Waals surface area contributed by atoms with E-state index in [2.05, 4.69) is 17.4 Å². The summed E-state index contributed by atoms with van der Waals surface area (Å²) < 4.78 is 5.59. The molecule has 0 spiro atoms. The summed E-state index contributed by atoms with van der Waals surface area (Å²) in [6.45, 7) is 0.788. The van der Waals surface area contributed by atoms with Crippen LogP contribution in [0.25, 0.3) is 11.1 Å². The van der Waals surface area contributed by atoms with Crippen LogP contribution >= 0.6 is 0 Å². The van der Waals surface area contributed by atoms with Crippen LogP contribution < -0.4 is 5.32 Å². The van der Waals surface area contributed by atoms with Crippen molar-refractivity contribution in [2.45, 2.75) is 44.1 Å². The van der Waals surface area contributed by atoms with E-state index in [4.69, 9.17) is 9.84 Å². The smallest absolute Gasteiger partial charge is 0.407 e. The lowest BCUT2D eigenvalue weighted by Crippen LogP contribution is -2.48. The number of nitrogens with one attached hydrogen (secondary N) is 1. The van der Waals surface area contributed by atoms with Crippen LogP contribution in [-0.4, -0.2) is 54.2 Å². The Labute approximate surface area is 205 Å². The minimum Gasteiger partial charge on any atom is -0.481 e. The van der Waals surface area contributed by atoms with E-state index in [0.29, 0.717) is 12.5 Å². The summed E-state index contributed by atoms with van der Waals surface area (Å²) in [6, 6.07) is 15.2. The van der Waals surface area contributed by atoms with Crippen molar-refractivity contribution in [2.24, 2.45) is 17.8 Å². The van der Waals surface area contributed by atoms with Crippen molar-refractivity contribution < 1.29 is 24.2 Å². The highest BCUT2D eigenvalue weighted by Crippen LogP contribution is 2.54. The van der Waals surface area contributed by atoms with Gasteiger partial charge in [-0.15, -0.1) is 0 Å². The van der Waals surface area contributed by atoms with Crippen LogP contribution in [0.4, 0.5) is 4.79 Å². The number of rotatable bonds is 10. The minimum absolute atomic E-state index is 0.0272. The van der Waals surface area contributed by atoms with Crippen LogP contribution in [0, 0.1) is 17.8 Å². The van der Waals surface area contributed by atoms with Gasteiger partial charge in [0.05, 0.1) is 0 Å². The zero-order valence-corrected chi connectivity index (χ0v) is 20.0. The van der Waals surface area contributed by atoms with E-state index in [1.54, 1.807) is 11.9 Å². The van der Waals surface area contributed by atoms with Crippen molar-refractivity contribution >= 4 is 18.0 Å². The van der Waals surface area contributed by atoms with Gasteiger partial charge in [-0.1, -0.05) is 48.5 Å². The van der Waals surface area contributed by atoms with Crippen molar-refractivity contribution in [3.63, 3.8) is 0 Å². The monoisotopic (exact) mass is 476 g/mol. The zero-order valence-electron chi connectivity index (χ0n) is 20.0. The van der Waals surface area contributed by atoms with Crippen molar-refractivity contribution in [3.8, 4) is 11.1 Å². The molecule has 3 aliphatic rings. The van der Waals surface area contributed by atoms with Crippen LogP contribution in [0.3, 0.4) is 0 Å². The molecule has 7 heteroatoms. The van der Waals surface area contributed by atoms with Crippen LogP contribution in [0.2, 0.25) is 0 Å². The molecular formula is C28H32N2O5. The number of carboxylic acid groups (broad SMARTS) is 1. The number of carbonyl (C=O) groups is 3. The summed E-state index contributed by atoms with van der Waals surface area (Å²) in [5.74, 6) is 0.712. The molecule has 3 atom stereocenters. The molecule has 2 N–H and O–H groups in total. The van der Waals surface area contributed by atoms with E-state index in [9.17, 15) is 14.4 Å². The fraction of sp³-hybridized carbons (Fsp3) is 0.464. The molecule has 0 aliphatic heterocycles. The number of benzene rings is 2. The number of aliphatic carboxylic acids is 1.